The van der Waals surface area contributed by atoms with Crippen molar-refractivity contribution in [3.05, 3.63) is 48.2 Å². The lowest BCUT2D eigenvalue weighted by Gasteiger charge is -2.10. The van der Waals surface area contributed by atoms with E-state index >= 15 is 0 Å². The van der Waals surface area contributed by atoms with Crippen LogP contribution in [0.5, 0.6) is 0 Å². The first-order valence-corrected chi connectivity index (χ1v) is 5.11. The zero-order valence-corrected chi connectivity index (χ0v) is 9.20. The highest BCUT2D eigenvalue weighted by Crippen LogP contribution is 2.30. The topological polar surface area (TPSA) is 50.9 Å². The second-order valence-corrected chi connectivity index (χ2v) is 3.64. The Labute approximate surface area is 101 Å². The lowest BCUT2D eigenvalue weighted by molar-refractivity contribution is -0.137. The molecule has 0 fully saturated rings. The van der Waals surface area contributed by atoms with Crippen molar-refractivity contribution in [2.75, 3.05) is 11.1 Å². The Morgan fingerprint density at radius 1 is 1.06 bits per heavy atom. The average Bonchev–Trinajstić information content (AvgIpc) is 2.32. The molecule has 2 rings (SSSR count). The van der Waals surface area contributed by atoms with Gasteiger partial charge < -0.3 is 11.1 Å². The number of anilines is 3. The quantitative estimate of drug-likeness (QED) is 0.862. The molecule has 94 valence electrons. The van der Waals surface area contributed by atoms with Crippen molar-refractivity contribution in [2.45, 2.75) is 6.18 Å². The van der Waals surface area contributed by atoms with Crippen molar-refractivity contribution >= 4 is 17.2 Å². The fraction of sp³-hybridized carbons (Fsp3) is 0.0833. The van der Waals surface area contributed by atoms with Gasteiger partial charge in [-0.2, -0.15) is 13.2 Å². The predicted molar refractivity (Wildman–Crippen MR) is 63.4 cm³/mol. The molecule has 0 saturated carbocycles. The number of pyridine rings is 1. The Kier molecular flexibility index (Phi) is 3.10. The van der Waals surface area contributed by atoms with E-state index in [2.05, 4.69) is 10.3 Å². The maximum absolute atomic E-state index is 12.4. The van der Waals surface area contributed by atoms with Crippen molar-refractivity contribution in [3.63, 3.8) is 0 Å². The molecule has 0 amide bonds. The molecular weight excluding hydrogens is 243 g/mol. The molecule has 0 bridgehead atoms. The molecule has 0 atom stereocenters. The highest BCUT2D eigenvalue weighted by Gasteiger charge is 2.29. The maximum Gasteiger partial charge on any atom is 0.416 e. The molecule has 1 heterocycles. The highest BCUT2D eigenvalue weighted by molar-refractivity contribution is 5.69. The van der Waals surface area contributed by atoms with E-state index < -0.39 is 11.7 Å². The third kappa shape index (κ3) is 2.71. The summed E-state index contributed by atoms with van der Waals surface area (Å²) in [6, 6.07) is 8.08. The molecule has 2 aromatic rings. The molecule has 0 saturated heterocycles. The van der Waals surface area contributed by atoms with E-state index in [-0.39, 0.29) is 5.82 Å². The number of halogens is 3. The van der Waals surface area contributed by atoms with Crippen molar-refractivity contribution < 1.29 is 13.2 Å². The van der Waals surface area contributed by atoms with Gasteiger partial charge in [0.2, 0.25) is 0 Å². The number of nitrogen functional groups attached to an aromatic ring is 1. The summed E-state index contributed by atoms with van der Waals surface area (Å²) in [5.74, 6) is 0.289. The zero-order valence-electron chi connectivity index (χ0n) is 9.20. The van der Waals surface area contributed by atoms with E-state index in [9.17, 15) is 13.2 Å². The monoisotopic (exact) mass is 253 g/mol. The first kappa shape index (κ1) is 12.2. The first-order chi connectivity index (χ1) is 8.47. The van der Waals surface area contributed by atoms with Crippen LogP contribution in [0.1, 0.15) is 5.56 Å². The van der Waals surface area contributed by atoms with Gasteiger partial charge in [0.25, 0.3) is 0 Å². The molecular formula is C12H10F3N3. The van der Waals surface area contributed by atoms with E-state index in [4.69, 9.17) is 5.73 Å². The number of hydrogen-bond donors (Lipinski definition) is 2. The van der Waals surface area contributed by atoms with E-state index in [1.54, 1.807) is 12.1 Å². The highest BCUT2D eigenvalue weighted by atomic mass is 19.4. The smallest absolute Gasteiger partial charge is 0.382 e. The fourth-order valence-corrected chi connectivity index (χ4v) is 1.42. The van der Waals surface area contributed by atoms with Gasteiger partial charge in [-0.25, -0.2) is 4.98 Å². The van der Waals surface area contributed by atoms with Gasteiger partial charge in [0.15, 0.2) is 0 Å². The lowest BCUT2D eigenvalue weighted by atomic mass is 10.2. The van der Waals surface area contributed by atoms with Crippen LogP contribution in [0.25, 0.3) is 0 Å². The van der Waals surface area contributed by atoms with E-state index in [0.717, 1.165) is 12.1 Å². The number of alkyl halides is 3. The van der Waals surface area contributed by atoms with Gasteiger partial charge in [0.05, 0.1) is 11.3 Å². The Balaban J connectivity index is 2.19. The van der Waals surface area contributed by atoms with Crippen LogP contribution in [0.2, 0.25) is 0 Å². The summed E-state index contributed by atoms with van der Waals surface area (Å²) in [6.45, 7) is 0. The Morgan fingerprint density at radius 3 is 2.28 bits per heavy atom. The summed E-state index contributed by atoms with van der Waals surface area (Å²) in [6.07, 6.45) is -2.79. The molecule has 18 heavy (non-hydrogen) atoms. The number of nitrogens with two attached hydrogens (primary N) is 1. The maximum atomic E-state index is 12.4. The van der Waals surface area contributed by atoms with Crippen LogP contribution in [0.15, 0.2) is 42.6 Å². The van der Waals surface area contributed by atoms with Gasteiger partial charge >= 0.3 is 6.18 Å². The largest absolute Gasteiger partial charge is 0.416 e. The van der Waals surface area contributed by atoms with Gasteiger partial charge in [-0.1, -0.05) is 0 Å². The van der Waals surface area contributed by atoms with E-state index in [0.29, 0.717) is 11.4 Å². The zero-order chi connectivity index (χ0) is 13.2. The molecule has 0 unspecified atom stereocenters. The number of nitrogens with zero attached hydrogens (tertiary/aromatic N) is 1. The van der Waals surface area contributed by atoms with Crippen LogP contribution in [0.4, 0.5) is 30.4 Å². The van der Waals surface area contributed by atoms with Crippen LogP contribution in [0, 0.1) is 0 Å². The second-order valence-electron chi connectivity index (χ2n) is 3.64. The molecule has 0 aliphatic heterocycles. The summed E-state index contributed by atoms with van der Waals surface area (Å²) in [5.41, 5.74) is 6.00. The fourth-order valence-electron chi connectivity index (χ4n) is 1.42. The number of hydrogen-bond acceptors (Lipinski definition) is 3. The van der Waals surface area contributed by atoms with Gasteiger partial charge in [-0.05, 0) is 36.4 Å². The first-order valence-electron chi connectivity index (χ1n) is 5.11. The molecule has 0 aliphatic carbocycles. The summed E-state index contributed by atoms with van der Waals surface area (Å²) < 4.78 is 37.1. The number of rotatable bonds is 2. The average molecular weight is 253 g/mol. The third-order valence-corrected chi connectivity index (χ3v) is 2.33. The predicted octanol–water partition coefficient (Wildman–Crippen LogP) is 3.43. The molecule has 0 radical (unpaired) electrons. The molecule has 3 N–H and O–H groups in total. The van der Waals surface area contributed by atoms with Gasteiger partial charge in [-0.3, -0.25) is 0 Å². The van der Waals surface area contributed by atoms with E-state index in [1.807, 2.05) is 0 Å². The molecule has 0 aliphatic rings. The lowest BCUT2D eigenvalue weighted by Crippen LogP contribution is -2.04. The minimum absolute atomic E-state index is 0.289. The van der Waals surface area contributed by atoms with Crippen LogP contribution in [-0.4, -0.2) is 4.98 Å². The molecule has 1 aromatic carbocycles. The Morgan fingerprint density at radius 2 is 1.72 bits per heavy atom. The minimum atomic E-state index is -4.33. The summed E-state index contributed by atoms with van der Waals surface area (Å²) >= 11 is 0. The van der Waals surface area contributed by atoms with E-state index in [1.165, 1.54) is 18.3 Å². The van der Waals surface area contributed by atoms with Gasteiger partial charge in [-0.15, -0.1) is 0 Å². The second kappa shape index (κ2) is 4.56. The molecule has 1 aromatic heterocycles. The van der Waals surface area contributed by atoms with Gasteiger partial charge in [0, 0.05) is 11.9 Å². The SMILES string of the molecule is Nc1ncccc1Nc1ccc(C(F)(F)F)cc1. The Hall–Kier alpha value is -2.24. The van der Waals surface area contributed by atoms with Crippen LogP contribution in [-0.2, 0) is 6.18 Å². The standard InChI is InChI=1S/C12H10F3N3/c13-12(14,15)8-3-5-9(6-4-8)18-10-2-1-7-17-11(10)16/h1-7,18H,(H2,16,17). The van der Waals surface area contributed by atoms with Crippen molar-refractivity contribution in [3.8, 4) is 0 Å². The van der Waals surface area contributed by atoms with Crippen LogP contribution < -0.4 is 11.1 Å². The minimum Gasteiger partial charge on any atom is -0.382 e. The van der Waals surface area contributed by atoms with Crippen LogP contribution in [0.3, 0.4) is 0 Å². The number of aromatic nitrogens is 1. The van der Waals surface area contributed by atoms with Crippen LogP contribution >= 0.6 is 0 Å². The molecule has 0 spiro atoms. The summed E-state index contributed by atoms with van der Waals surface area (Å²) in [4.78, 5) is 3.87. The molecule has 6 heteroatoms. The summed E-state index contributed by atoms with van der Waals surface area (Å²) in [7, 11) is 0. The summed E-state index contributed by atoms with van der Waals surface area (Å²) in [5, 5.41) is 2.90. The third-order valence-electron chi connectivity index (χ3n) is 2.33. The van der Waals surface area contributed by atoms with Crippen molar-refractivity contribution in [2.24, 2.45) is 0 Å². The van der Waals surface area contributed by atoms with Crippen molar-refractivity contribution in [1.82, 2.24) is 4.98 Å². The Bertz CT molecular complexity index is 535. The van der Waals surface area contributed by atoms with Crippen molar-refractivity contribution in [1.29, 1.82) is 0 Å². The normalized spacial score (nSPS) is 11.3. The number of benzene rings is 1. The number of nitrogens with one attached hydrogen (secondary N) is 1. The molecule has 3 nitrogen and oxygen atoms in total. The van der Waals surface area contributed by atoms with Gasteiger partial charge in [0.1, 0.15) is 5.82 Å².